The summed E-state index contributed by atoms with van der Waals surface area (Å²) in [6.45, 7) is 4.65. The average molecular weight is 329 g/mol. The minimum absolute atomic E-state index is 0.0588. The maximum absolute atomic E-state index is 12.7. The summed E-state index contributed by atoms with van der Waals surface area (Å²) in [7, 11) is 1.84. The Bertz CT molecular complexity index is 676. The standard InChI is InChI=1S/C18H23N3OS/c1-13-12-23-17(20-13)11-21(2)18(22)15-6-3-5-14(9-15)16-7-4-8-19-10-16/h3,5-6,9,12,16,19H,4,7-8,10-11H2,1-2H3/t16-/m0/s1. The van der Waals surface area contributed by atoms with Crippen molar-refractivity contribution in [2.45, 2.75) is 32.2 Å². The van der Waals surface area contributed by atoms with Gasteiger partial charge in [0.15, 0.2) is 0 Å². The van der Waals surface area contributed by atoms with E-state index in [1.165, 1.54) is 18.4 Å². The molecule has 0 spiro atoms. The molecule has 1 saturated heterocycles. The minimum Gasteiger partial charge on any atom is -0.335 e. The number of nitrogens with one attached hydrogen (secondary N) is 1. The number of piperidine rings is 1. The second-order valence-corrected chi connectivity index (χ2v) is 7.16. The van der Waals surface area contributed by atoms with Crippen molar-refractivity contribution in [1.82, 2.24) is 15.2 Å². The van der Waals surface area contributed by atoms with Crippen molar-refractivity contribution in [3.63, 3.8) is 0 Å². The van der Waals surface area contributed by atoms with E-state index in [1.54, 1.807) is 16.2 Å². The van der Waals surface area contributed by atoms with E-state index in [1.807, 2.05) is 31.5 Å². The highest BCUT2D eigenvalue weighted by Crippen LogP contribution is 2.24. The maximum atomic E-state index is 12.7. The van der Waals surface area contributed by atoms with Crippen molar-refractivity contribution in [3.05, 3.63) is 51.5 Å². The topological polar surface area (TPSA) is 45.2 Å². The van der Waals surface area contributed by atoms with Gasteiger partial charge in [0.2, 0.25) is 0 Å². The van der Waals surface area contributed by atoms with E-state index >= 15 is 0 Å². The molecule has 1 aromatic heterocycles. The molecule has 1 amide bonds. The lowest BCUT2D eigenvalue weighted by molar-refractivity contribution is 0.0785. The Morgan fingerprint density at radius 2 is 2.35 bits per heavy atom. The van der Waals surface area contributed by atoms with Crippen molar-refractivity contribution in [2.24, 2.45) is 0 Å². The number of thiazole rings is 1. The van der Waals surface area contributed by atoms with Crippen LogP contribution in [-0.4, -0.2) is 35.9 Å². The Morgan fingerprint density at radius 1 is 1.48 bits per heavy atom. The summed E-state index contributed by atoms with van der Waals surface area (Å²) in [5, 5.41) is 6.43. The van der Waals surface area contributed by atoms with Gasteiger partial charge in [0.25, 0.3) is 5.91 Å². The number of amides is 1. The zero-order valence-corrected chi connectivity index (χ0v) is 14.5. The van der Waals surface area contributed by atoms with Gasteiger partial charge >= 0.3 is 0 Å². The quantitative estimate of drug-likeness (QED) is 0.937. The van der Waals surface area contributed by atoms with Crippen LogP contribution in [0.2, 0.25) is 0 Å². The summed E-state index contributed by atoms with van der Waals surface area (Å²) < 4.78 is 0. The van der Waals surface area contributed by atoms with E-state index in [0.717, 1.165) is 29.4 Å². The fourth-order valence-electron chi connectivity index (χ4n) is 3.03. The molecular formula is C18H23N3OS. The predicted molar refractivity (Wildman–Crippen MR) is 93.9 cm³/mol. The highest BCUT2D eigenvalue weighted by atomic mass is 32.1. The Labute approximate surface area is 141 Å². The number of nitrogens with zero attached hydrogens (tertiary/aromatic N) is 2. The molecule has 0 saturated carbocycles. The minimum atomic E-state index is 0.0588. The van der Waals surface area contributed by atoms with Gasteiger partial charge < -0.3 is 10.2 Å². The Morgan fingerprint density at radius 3 is 3.04 bits per heavy atom. The molecule has 2 aromatic rings. The van der Waals surface area contributed by atoms with Crippen molar-refractivity contribution >= 4 is 17.2 Å². The first-order chi connectivity index (χ1) is 11.1. The highest BCUT2D eigenvalue weighted by Gasteiger charge is 2.18. The molecule has 5 heteroatoms. The Hall–Kier alpha value is -1.72. The molecule has 1 aromatic carbocycles. The van der Waals surface area contributed by atoms with Crippen LogP contribution in [0.1, 0.15) is 45.4 Å². The number of hydrogen-bond acceptors (Lipinski definition) is 4. The van der Waals surface area contributed by atoms with E-state index in [2.05, 4.69) is 22.4 Å². The first-order valence-corrected chi connectivity index (χ1v) is 8.98. The summed E-state index contributed by atoms with van der Waals surface area (Å²) in [6, 6.07) is 8.10. The molecule has 2 heterocycles. The lowest BCUT2D eigenvalue weighted by Crippen LogP contribution is -2.29. The normalized spacial score (nSPS) is 17.9. The van der Waals surface area contributed by atoms with Crippen LogP contribution in [0, 0.1) is 6.92 Å². The van der Waals surface area contributed by atoms with Gasteiger partial charge in [-0.05, 0) is 49.9 Å². The van der Waals surface area contributed by atoms with E-state index in [4.69, 9.17) is 0 Å². The van der Waals surface area contributed by atoms with E-state index in [9.17, 15) is 4.79 Å². The summed E-state index contributed by atoms with van der Waals surface area (Å²) in [6.07, 6.45) is 2.39. The number of carbonyl (C=O) groups is 1. The monoisotopic (exact) mass is 329 g/mol. The molecule has 1 N–H and O–H groups in total. The van der Waals surface area contributed by atoms with Crippen molar-refractivity contribution in [2.75, 3.05) is 20.1 Å². The van der Waals surface area contributed by atoms with Crippen LogP contribution in [-0.2, 0) is 6.54 Å². The summed E-state index contributed by atoms with van der Waals surface area (Å²) in [4.78, 5) is 18.9. The highest BCUT2D eigenvalue weighted by molar-refractivity contribution is 7.09. The summed E-state index contributed by atoms with van der Waals surface area (Å²) in [5.41, 5.74) is 3.04. The predicted octanol–water partition coefficient (Wildman–Crippen LogP) is 3.19. The number of aromatic nitrogens is 1. The third-order valence-corrected chi connectivity index (χ3v) is 5.24. The van der Waals surface area contributed by atoms with Crippen LogP contribution in [0.5, 0.6) is 0 Å². The second kappa shape index (κ2) is 7.23. The maximum Gasteiger partial charge on any atom is 0.253 e. The van der Waals surface area contributed by atoms with E-state index < -0.39 is 0 Å². The zero-order chi connectivity index (χ0) is 16.2. The molecular weight excluding hydrogens is 306 g/mol. The number of benzene rings is 1. The molecule has 0 aliphatic carbocycles. The van der Waals surface area contributed by atoms with Gasteiger partial charge in [-0.1, -0.05) is 12.1 Å². The lowest BCUT2D eigenvalue weighted by atomic mass is 9.90. The van der Waals surface area contributed by atoms with Gasteiger partial charge in [0.05, 0.1) is 6.54 Å². The van der Waals surface area contributed by atoms with Crippen molar-refractivity contribution in [3.8, 4) is 0 Å². The molecule has 3 rings (SSSR count). The Kier molecular flexibility index (Phi) is 5.08. The SMILES string of the molecule is Cc1csc(CN(C)C(=O)c2cccc([C@H]3CCCNC3)c2)n1. The van der Waals surface area contributed by atoms with Gasteiger partial charge in [-0.2, -0.15) is 0 Å². The molecule has 0 bridgehead atoms. The third kappa shape index (κ3) is 3.98. The largest absolute Gasteiger partial charge is 0.335 e. The number of rotatable bonds is 4. The summed E-state index contributed by atoms with van der Waals surface area (Å²) >= 11 is 1.60. The van der Waals surface area contributed by atoms with Gasteiger partial charge in [-0.15, -0.1) is 11.3 Å². The van der Waals surface area contributed by atoms with Gasteiger partial charge in [0, 0.05) is 30.2 Å². The van der Waals surface area contributed by atoms with Gasteiger partial charge in [-0.25, -0.2) is 4.98 Å². The first-order valence-electron chi connectivity index (χ1n) is 8.10. The number of aryl methyl sites for hydroxylation is 1. The van der Waals surface area contributed by atoms with Crippen molar-refractivity contribution in [1.29, 1.82) is 0 Å². The second-order valence-electron chi connectivity index (χ2n) is 6.21. The fourth-order valence-corrected chi connectivity index (χ4v) is 3.86. The first kappa shape index (κ1) is 16.1. The molecule has 1 fully saturated rings. The Balaban J connectivity index is 1.71. The molecule has 0 radical (unpaired) electrons. The van der Waals surface area contributed by atoms with Crippen LogP contribution in [0.25, 0.3) is 0 Å². The van der Waals surface area contributed by atoms with E-state index in [0.29, 0.717) is 12.5 Å². The third-order valence-electron chi connectivity index (χ3n) is 4.29. The zero-order valence-electron chi connectivity index (χ0n) is 13.7. The number of carbonyl (C=O) groups excluding carboxylic acids is 1. The van der Waals surface area contributed by atoms with Crippen molar-refractivity contribution < 1.29 is 4.79 Å². The van der Waals surface area contributed by atoms with Gasteiger partial charge in [0.1, 0.15) is 5.01 Å². The summed E-state index contributed by atoms with van der Waals surface area (Å²) in [5.74, 6) is 0.576. The fraction of sp³-hybridized carbons (Fsp3) is 0.444. The van der Waals surface area contributed by atoms with Crippen LogP contribution >= 0.6 is 11.3 Å². The number of hydrogen-bond donors (Lipinski definition) is 1. The average Bonchev–Trinajstić information content (AvgIpc) is 3.00. The lowest BCUT2D eigenvalue weighted by Gasteiger charge is -2.24. The molecule has 1 atom stereocenters. The molecule has 0 unspecified atom stereocenters. The van der Waals surface area contributed by atoms with Crippen LogP contribution in [0.3, 0.4) is 0 Å². The van der Waals surface area contributed by atoms with Crippen LogP contribution in [0.15, 0.2) is 29.6 Å². The van der Waals surface area contributed by atoms with Crippen LogP contribution in [0.4, 0.5) is 0 Å². The molecule has 122 valence electrons. The van der Waals surface area contributed by atoms with Crippen LogP contribution < -0.4 is 5.32 Å². The molecule has 4 nitrogen and oxygen atoms in total. The molecule has 23 heavy (non-hydrogen) atoms. The smallest absolute Gasteiger partial charge is 0.253 e. The van der Waals surface area contributed by atoms with E-state index in [-0.39, 0.29) is 5.91 Å². The molecule has 1 aliphatic heterocycles. The van der Waals surface area contributed by atoms with Gasteiger partial charge in [-0.3, -0.25) is 4.79 Å². The molecule has 1 aliphatic rings.